The third-order valence-electron chi connectivity index (χ3n) is 2.75. The van der Waals surface area contributed by atoms with Crippen LogP contribution in [0.4, 0.5) is 0 Å². The Morgan fingerprint density at radius 3 is 2.93 bits per heavy atom. The monoisotopic (exact) mass is 216 g/mol. The Morgan fingerprint density at radius 1 is 1.64 bits per heavy atom. The molecule has 0 spiro atoms. The topological polar surface area (TPSA) is 15.3 Å². The smallest absolute Gasteiger partial charge is 0.0202 e. The van der Waals surface area contributed by atoms with Gasteiger partial charge in [0.25, 0.3) is 0 Å². The van der Waals surface area contributed by atoms with E-state index >= 15 is 0 Å². The van der Waals surface area contributed by atoms with Crippen molar-refractivity contribution < 1.29 is 0 Å². The van der Waals surface area contributed by atoms with E-state index in [0.717, 1.165) is 19.6 Å². The van der Waals surface area contributed by atoms with Crippen LogP contribution < -0.4 is 5.32 Å². The van der Waals surface area contributed by atoms with Gasteiger partial charge in [0.2, 0.25) is 0 Å². The molecule has 0 saturated carbocycles. The Bertz CT molecular complexity index is 186. The normalized spacial score (nSPS) is 23.4. The average molecular weight is 217 g/mol. The zero-order chi connectivity index (χ0) is 10.4. The van der Waals surface area contributed by atoms with Gasteiger partial charge >= 0.3 is 0 Å². The van der Waals surface area contributed by atoms with Crippen LogP contribution in [0.3, 0.4) is 0 Å². The fourth-order valence-corrected chi connectivity index (χ4v) is 1.99. The van der Waals surface area contributed by atoms with Crippen LogP contribution in [0.25, 0.3) is 0 Å². The molecule has 1 aliphatic rings. The molecule has 0 aliphatic carbocycles. The van der Waals surface area contributed by atoms with Crippen LogP contribution in [0.15, 0.2) is 11.1 Å². The molecule has 0 aromatic carbocycles. The van der Waals surface area contributed by atoms with Crippen molar-refractivity contribution in [3.8, 4) is 0 Å². The maximum absolute atomic E-state index is 5.67. The van der Waals surface area contributed by atoms with Crippen molar-refractivity contribution in [2.45, 2.75) is 32.7 Å². The number of nitrogens with one attached hydrogen (secondary N) is 1. The third-order valence-corrected chi connectivity index (χ3v) is 3.12. The number of hydrogen-bond acceptors (Lipinski definition) is 2. The highest BCUT2D eigenvalue weighted by atomic mass is 35.5. The van der Waals surface area contributed by atoms with Crippen molar-refractivity contribution in [2.24, 2.45) is 0 Å². The summed E-state index contributed by atoms with van der Waals surface area (Å²) in [6.07, 6.45) is 2.65. The number of nitrogens with zero attached hydrogens (tertiary/aromatic N) is 1. The molecule has 0 radical (unpaired) electrons. The van der Waals surface area contributed by atoms with Gasteiger partial charge in [-0.1, -0.05) is 18.5 Å². The summed E-state index contributed by atoms with van der Waals surface area (Å²) in [4.78, 5) is 2.44. The van der Waals surface area contributed by atoms with Gasteiger partial charge < -0.3 is 5.32 Å². The molecule has 82 valence electrons. The molecule has 1 aliphatic heterocycles. The average Bonchev–Trinajstić information content (AvgIpc) is 2.69. The summed E-state index contributed by atoms with van der Waals surface area (Å²) in [7, 11) is 0. The Labute approximate surface area is 92.3 Å². The molecule has 2 nitrogen and oxygen atoms in total. The highest BCUT2D eigenvalue weighted by Gasteiger charge is 2.16. The summed E-state index contributed by atoms with van der Waals surface area (Å²) in [5.74, 6) is 0. The summed E-state index contributed by atoms with van der Waals surface area (Å²) in [6.45, 7) is 8.72. The van der Waals surface area contributed by atoms with E-state index in [1.165, 1.54) is 25.0 Å². The van der Waals surface area contributed by atoms with E-state index in [1.807, 2.05) is 0 Å². The fraction of sp³-hybridized carbons (Fsp3) is 0.818. The zero-order valence-electron chi connectivity index (χ0n) is 9.22. The predicted octanol–water partition coefficient (Wildman–Crippen LogP) is 2.20. The molecule has 0 amide bonds. The van der Waals surface area contributed by atoms with Crippen molar-refractivity contribution in [3.05, 3.63) is 11.1 Å². The standard InChI is InChI=1S/C11H21ClN2/c1-3-14(8-10(2)7-12)9-11-5-4-6-13-11/h7,11,13H,3-6,8-9H2,1-2H3. The number of halogens is 1. The Morgan fingerprint density at radius 2 is 2.43 bits per heavy atom. The summed E-state index contributed by atoms with van der Waals surface area (Å²) >= 11 is 5.67. The van der Waals surface area contributed by atoms with Gasteiger partial charge in [-0.2, -0.15) is 0 Å². The Kier molecular flexibility index (Phi) is 5.53. The molecule has 0 aromatic rings. The predicted molar refractivity (Wildman–Crippen MR) is 62.7 cm³/mol. The van der Waals surface area contributed by atoms with Gasteiger partial charge in [-0.15, -0.1) is 0 Å². The number of rotatable bonds is 5. The maximum Gasteiger partial charge on any atom is 0.0202 e. The van der Waals surface area contributed by atoms with Gasteiger partial charge in [0.15, 0.2) is 0 Å². The van der Waals surface area contributed by atoms with E-state index in [9.17, 15) is 0 Å². The Hall–Kier alpha value is -0.0500. The minimum absolute atomic E-state index is 0.693. The van der Waals surface area contributed by atoms with Crippen LogP contribution in [0.1, 0.15) is 26.7 Å². The lowest BCUT2D eigenvalue weighted by Crippen LogP contribution is -2.38. The largest absolute Gasteiger partial charge is 0.313 e. The van der Waals surface area contributed by atoms with Gasteiger partial charge in [-0.3, -0.25) is 4.90 Å². The van der Waals surface area contributed by atoms with Gasteiger partial charge in [-0.25, -0.2) is 0 Å². The molecule has 1 saturated heterocycles. The second-order valence-corrected chi connectivity index (χ2v) is 4.29. The SMILES string of the molecule is CCN(CC(C)=CCl)CC1CCCN1. The first-order chi connectivity index (χ1) is 6.76. The van der Waals surface area contributed by atoms with Crippen molar-refractivity contribution in [2.75, 3.05) is 26.2 Å². The number of likely N-dealkylation sites (N-methyl/N-ethyl adjacent to an activating group) is 1. The molecule has 1 N–H and O–H groups in total. The Balaban J connectivity index is 2.30. The summed E-state index contributed by atoms with van der Waals surface area (Å²) in [5, 5.41) is 3.52. The van der Waals surface area contributed by atoms with Crippen LogP contribution in [0.2, 0.25) is 0 Å². The van der Waals surface area contributed by atoms with Crippen molar-refractivity contribution in [1.82, 2.24) is 10.2 Å². The lowest BCUT2D eigenvalue weighted by atomic mass is 10.2. The van der Waals surface area contributed by atoms with Crippen LogP contribution in [-0.2, 0) is 0 Å². The van der Waals surface area contributed by atoms with Crippen LogP contribution in [-0.4, -0.2) is 37.1 Å². The molecule has 0 aromatic heterocycles. The van der Waals surface area contributed by atoms with E-state index in [1.54, 1.807) is 5.54 Å². The summed E-state index contributed by atoms with van der Waals surface area (Å²) in [5.41, 5.74) is 2.93. The zero-order valence-corrected chi connectivity index (χ0v) is 9.98. The highest BCUT2D eigenvalue weighted by molar-refractivity contribution is 6.25. The third kappa shape index (κ3) is 3.99. The summed E-state index contributed by atoms with van der Waals surface area (Å²) in [6, 6.07) is 0.693. The van der Waals surface area contributed by atoms with Crippen LogP contribution >= 0.6 is 11.6 Å². The minimum Gasteiger partial charge on any atom is -0.313 e. The van der Waals surface area contributed by atoms with E-state index in [0.29, 0.717) is 6.04 Å². The van der Waals surface area contributed by atoms with Gasteiger partial charge in [0.1, 0.15) is 0 Å². The summed E-state index contributed by atoms with van der Waals surface area (Å²) < 4.78 is 0. The van der Waals surface area contributed by atoms with E-state index in [4.69, 9.17) is 11.6 Å². The van der Waals surface area contributed by atoms with Gasteiger partial charge in [0.05, 0.1) is 0 Å². The van der Waals surface area contributed by atoms with Gasteiger partial charge in [0, 0.05) is 24.7 Å². The molecular weight excluding hydrogens is 196 g/mol. The molecular formula is C11H21ClN2. The van der Waals surface area contributed by atoms with E-state index < -0.39 is 0 Å². The molecule has 1 atom stereocenters. The van der Waals surface area contributed by atoms with Crippen molar-refractivity contribution >= 4 is 11.6 Å². The van der Waals surface area contributed by atoms with Crippen molar-refractivity contribution in [1.29, 1.82) is 0 Å². The molecule has 1 rings (SSSR count). The van der Waals surface area contributed by atoms with Gasteiger partial charge in [-0.05, 0) is 38.4 Å². The quantitative estimate of drug-likeness (QED) is 0.758. The first-order valence-corrected chi connectivity index (χ1v) is 5.91. The molecule has 1 unspecified atom stereocenters. The second-order valence-electron chi connectivity index (χ2n) is 4.08. The molecule has 3 heteroatoms. The molecule has 1 fully saturated rings. The molecule has 0 bridgehead atoms. The first-order valence-electron chi connectivity index (χ1n) is 5.47. The molecule has 14 heavy (non-hydrogen) atoms. The fourth-order valence-electron chi connectivity index (χ4n) is 1.92. The molecule has 1 heterocycles. The maximum atomic E-state index is 5.67. The van der Waals surface area contributed by atoms with E-state index in [2.05, 4.69) is 24.1 Å². The lowest BCUT2D eigenvalue weighted by Gasteiger charge is -2.24. The van der Waals surface area contributed by atoms with Crippen LogP contribution in [0.5, 0.6) is 0 Å². The highest BCUT2D eigenvalue weighted by Crippen LogP contribution is 2.08. The lowest BCUT2D eigenvalue weighted by molar-refractivity contribution is 0.281. The van der Waals surface area contributed by atoms with E-state index in [-0.39, 0.29) is 0 Å². The minimum atomic E-state index is 0.693. The second kappa shape index (κ2) is 6.44. The first kappa shape index (κ1) is 12.0. The number of hydrogen-bond donors (Lipinski definition) is 1. The van der Waals surface area contributed by atoms with Crippen LogP contribution in [0, 0.1) is 0 Å². The van der Waals surface area contributed by atoms with Crippen molar-refractivity contribution in [3.63, 3.8) is 0 Å².